The van der Waals surface area contributed by atoms with Crippen molar-refractivity contribution in [3.8, 4) is 5.75 Å². The molecule has 102 valence electrons. The zero-order chi connectivity index (χ0) is 13.3. The molecule has 0 aliphatic rings. The second-order valence-corrected chi connectivity index (χ2v) is 5.67. The Balaban J connectivity index is 1.61. The van der Waals surface area contributed by atoms with Gasteiger partial charge in [-0.1, -0.05) is 30.0 Å². The molecule has 0 aliphatic heterocycles. The first-order valence-electron chi connectivity index (χ1n) is 6.00. The SMILES string of the molecule is CSCc1nnc(SCCCOc2ccccc2)o1. The van der Waals surface area contributed by atoms with Crippen LogP contribution in [0.1, 0.15) is 12.3 Å². The summed E-state index contributed by atoms with van der Waals surface area (Å²) in [6.07, 6.45) is 2.96. The number of thioether (sulfide) groups is 2. The molecule has 0 amide bonds. The van der Waals surface area contributed by atoms with Crippen molar-refractivity contribution in [2.24, 2.45) is 0 Å². The van der Waals surface area contributed by atoms with Crippen LogP contribution in [-0.2, 0) is 5.75 Å². The Morgan fingerprint density at radius 1 is 1.21 bits per heavy atom. The number of hydrogen-bond donors (Lipinski definition) is 0. The fourth-order valence-electron chi connectivity index (χ4n) is 1.40. The smallest absolute Gasteiger partial charge is 0.276 e. The quantitative estimate of drug-likeness (QED) is 0.549. The van der Waals surface area contributed by atoms with Crippen LogP contribution in [0.4, 0.5) is 0 Å². The van der Waals surface area contributed by atoms with Gasteiger partial charge in [0.2, 0.25) is 5.89 Å². The molecule has 0 saturated carbocycles. The van der Waals surface area contributed by atoms with Crippen LogP contribution in [-0.4, -0.2) is 28.8 Å². The second-order valence-electron chi connectivity index (χ2n) is 3.76. The summed E-state index contributed by atoms with van der Waals surface area (Å²) in [5.74, 6) is 3.28. The third kappa shape index (κ3) is 5.16. The Morgan fingerprint density at radius 3 is 2.84 bits per heavy atom. The average molecular weight is 296 g/mol. The molecule has 1 heterocycles. The summed E-state index contributed by atoms with van der Waals surface area (Å²) in [7, 11) is 0. The van der Waals surface area contributed by atoms with Crippen LogP contribution in [0.2, 0.25) is 0 Å². The van der Waals surface area contributed by atoms with Crippen LogP contribution in [0, 0.1) is 0 Å². The Hall–Kier alpha value is -1.14. The van der Waals surface area contributed by atoms with E-state index < -0.39 is 0 Å². The van der Waals surface area contributed by atoms with Gasteiger partial charge in [0, 0.05) is 5.75 Å². The molecular weight excluding hydrogens is 280 g/mol. The van der Waals surface area contributed by atoms with Gasteiger partial charge in [-0.05, 0) is 24.8 Å². The van der Waals surface area contributed by atoms with E-state index in [9.17, 15) is 0 Å². The fraction of sp³-hybridized carbons (Fsp3) is 0.385. The van der Waals surface area contributed by atoms with Gasteiger partial charge in [0.15, 0.2) is 0 Å². The summed E-state index contributed by atoms with van der Waals surface area (Å²) in [6, 6.07) is 9.83. The summed E-state index contributed by atoms with van der Waals surface area (Å²) in [5.41, 5.74) is 0. The lowest BCUT2D eigenvalue weighted by atomic mass is 10.3. The van der Waals surface area contributed by atoms with E-state index in [2.05, 4.69) is 10.2 Å². The molecule has 0 N–H and O–H groups in total. The molecule has 0 atom stereocenters. The van der Waals surface area contributed by atoms with Gasteiger partial charge in [-0.15, -0.1) is 10.2 Å². The number of para-hydroxylation sites is 1. The Bertz CT molecular complexity index is 477. The van der Waals surface area contributed by atoms with Crippen molar-refractivity contribution in [2.45, 2.75) is 17.4 Å². The molecule has 4 nitrogen and oxygen atoms in total. The van der Waals surface area contributed by atoms with Crippen LogP contribution >= 0.6 is 23.5 Å². The maximum atomic E-state index is 5.60. The molecule has 0 unspecified atom stereocenters. The van der Waals surface area contributed by atoms with Gasteiger partial charge in [0.05, 0.1) is 12.4 Å². The average Bonchev–Trinajstić information content (AvgIpc) is 2.88. The summed E-state index contributed by atoms with van der Waals surface area (Å²) >= 11 is 3.24. The Kier molecular flexibility index (Phi) is 6.10. The van der Waals surface area contributed by atoms with Crippen LogP contribution in [0.15, 0.2) is 40.0 Å². The highest BCUT2D eigenvalue weighted by atomic mass is 32.2. The minimum atomic E-state index is 0.642. The predicted octanol–water partition coefficient (Wildman–Crippen LogP) is 3.49. The number of hydrogen-bond acceptors (Lipinski definition) is 6. The molecular formula is C13H16N2O2S2. The molecule has 0 bridgehead atoms. The molecule has 0 fully saturated rings. The molecule has 19 heavy (non-hydrogen) atoms. The number of benzene rings is 1. The predicted molar refractivity (Wildman–Crippen MR) is 78.8 cm³/mol. The lowest BCUT2D eigenvalue weighted by Gasteiger charge is -2.04. The maximum Gasteiger partial charge on any atom is 0.276 e. The van der Waals surface area contributed by atoms with Crippen molar-refractivity contribution < 1.29 is 9.15 Å². The molecule has 2 aromatic rings. The zero-order valence-corrected chi connectivity index (χ0v) is 12.4. The molecule has 0 spiro atoms. The minimum Gasteiger partial charge on any atom is -0.494 e. The van der Waals surface area contributed by atoms with Crippen molar-refractivity contribution in [3.05, 3.63) is 36.2 Å². The van der Waals surface area contributed by atoms with E-state index >= 15 is 0 Å². The third-order valence-electron chi connectivity index (χ3n) is 2.24. The molecule has 0 aliphatic carbocycles. The highest BCUT2D eigenvalue weighted by Gasteiger charge is 2.05. The van der Waals surface area contributed by atoms with E-state index in [0.29, 0.717) is 17.7 Å². The van der Waals surface area contributed by atoms with Gasteiger partial charge in [-0.2, -0.15) is 11.8 Å². The molecule has 0 radical (unpaired) electrons. The standard InChI is InChI=1S/C13H16N2O2S2/c1-18-10-12-14-15-13(17-12)19-9-5-8-16-11-6-3-2-4-7-11/h2-4,6-7H,5,8-10H2,1H3. The van der Waals surface area contributed by atoms with Crippen LogP contribution in [0.5, 0.6) is 5.75 Å². The van der Waals surface area contributed by atoms with Crippen LogP contribution < -0.4 is 4.74 Å². The van der Waals surface area contributed by atoms with E-state index in [0.717, 1.165) is 23.7 Å². The lowest BCUT2D eigenvalue weighted by molar-refractivity contribution is 0.318. The Morgan fingerprint density at radius 2 is 2.05 bits per heavy atom. The Labute approximate surface area is 121 Å². The number of rotatable bonds is 8. The van der Waals surface area contributed by atoms with E-state index in [-0.39, 0.29) is 0 Å². The highest BCUT2D eigenvalue weighted by molar-refractivity contribution is 7.99. The summed E-state index contributed by atoms with van der Waals surface area (Å²) in [4.78, 5) is 0. The minimum absolute atomic E-state index is 0.642. The van der Waals surface area contributed by atoms with Crippen molar-refractivity contribution in [3.63, 3.8) is 0 Å². The number of aromatic nitrogens is 2. The number of nitrogens with zero attached hydrogens (tertiary/aromatic N) is 2. The van der Waals surface area contributed by atoms with E-state index in [1.165, 1.54) is 0 Å². The van der Waals surface area contributed by atoms with Gasteiger partial charge in [0.1, 0.15) is 5.75 Å². The lowest BCUT2D eigenvalue weighted by Crippen LogP contribution is -1.98. The van der Waals surface area contributed by atoms with Gasteiger partial charge >= 0.3 is 0 Å². The van der Waals surface area contributed by atoms with Gasteiger partial charge < -0.3 is 9.15 Å². The second kappa shape index (κ2) is 8.12. The van der Waals surface area contributed by atoms with Crippen molar-refractivity contribution >= 4 is 23.5 Å². The van der Waals surface area contributed by atoms with E-state index in [1.807, 2.05) is 36.6 Å². The van der Waals surface area contributed by atoms with Crippen LogP contribution in [0.3, 0.4) is 0 Å². The first-order valence-corrected chi connectivity index (χ1v) is 8.38. The first kappa shape index (κ1) is 14.3. The van der Waals surface area contributed by atoms with Crippen LogP contribution in [0.25, 0.3) is 0 Å². The van der Waals surface area contributed by atoms with Gasteiger partial charge in [-0.3, -0.25) is 0 Å². The zero-order valence-electron chi connectivity index (χ0n) is 10.7. The topological polar surface area (TPSA) is 48.2 Å². The molecule has 0 saturated heterocycles. The van der Waals surface area contributed by atoms with E-state index in [4.69, 9.17) is 9.15 Å². The highest BCUT2D eigenvalue weighted by Crippen LogP contribution is 2.19. The van der Waals surface area contributed by atoms with Gasteiger partial charge in [-0.25, -0.2) is 0 Å². The number of ether oxygens (including phenoxy) is 1. The summed E-state index contributed by atoms with van der Waals surface area (Å²) < 4.78 is 11.1. The molecule has 1 aromatic heterocycles. The summed E-state index contributed by atoms with van der Waals surface area (Å²) in [6.45, 7) is 0.697. The van der Waals surface area contributed by atoms with Crippen molar-refractivity contribution in [1.29, 1.82) is 0 Å². The molecule has 2 rings (SSSR count). The van der Waals surface area contributed by atoms with E-state index in [1.54, 1.807) is 23.5 Å². The largest absolute Gasteiger partial charge is 0.494 e. The first-order chi connectivity index (χ1) is 9.38. The van der Waals surface area contributed by atoms with Crippen molar-refractivity contribution in [2.75, 3.05) is 18.6 Å². The van der Waals surface area contributed by atoms with Gasteiger partial charge in [0.25, 0.3) is 5.22 Å². The fourth-order valence-corrected chi connectivity index (χ4v) is 2.46. The maximum absolute atomic E-state index is 5.60. The molecule has 6 heteroatoms. The summed E-state index contributed by atoms with van der Waals surface area (Å²) in [5, 5.41) is 8.59. The normalized spacial score (nSPS) is 10.6. The monoisotopic (exact) mass is 296 g/mol. The third-order valence-corrected chi connectivity index (χ3v) is 3.68. The molecule has 1 aromatic carbocycles. The van der Waals surface area contributed by atoms with Crippen molar-refractivity contribution in [1.82, 2.24) is 10.2 Å².